The number of hydrogen-bond acceptors (Lipinski definition) is 3. The lowest BCUT2D eigenvalue weighted by molar-refractivity contribution is 0.0691. The van der Waals surface area contributed by atoms with Crippen LogP contribution in [0, 0.1) is 0 Å². The van der Waals surface area contributed by atoms with Crippen LogP contribution in [0.2, 0.25) is 0 Å². The van der Waals surface area contributed by atoms with Crippen molar-refractivity contribution in [2.24, 2.45) is 0 Å². The lowest BCUT2D eigenvalue weighted by atomic mass is 10.2. The quantitative estimate of drug-likeness (QED) is 0.513. The molecule has 0 atom stereocenters. The summed E-state index contributed by atoms with van der Waals surface area (Å²) in [7, 11) is 0. The minimum atomic E-state index is -1.11. The van der Waals surface area contributed by atoms with Gasteiger partial charge in [0.2, 0.25) is 0 Å². The number of carboxylic acid groups (broad SMARTS) is 1. The SMILES string of the molecule is O=C(O)c1cc2ccc(O)c(O)c2[nH]1. The van der Waals surface area contributed by atoms with E-state index in [1.54, 1.807) is 0 Å². The molecule has 0 spiro atoms. The van der Waals surface area contributed by atoms with Gasteiger partial charge < -0.3 is 20.3 Å². The minimum absolute atomic E-state index is 0.0269. The second-order valence-corrected chi connectivity index (χ2v) is 2.89. The third-order valence-electron chi connectivity index (χ3n) is 1.98. The molecule has 14 heavy (non-hydrogen) atoms. The number of benzene rings is 1. The van der Waals surface area contributed by atoms with Gasteiger partial charge in [0.15, 0.2) is 11.5 Å². The molecule has 0 aliphatic heterocycles. The van der Waals surface area contributed by atoms with Crippen molar-refractivity contribution in [2.45, 2.75) is 0 Å². The monoisotopic (exact) mass is 193 g/mol. The molecule has 0 amide bonds. The number of phenolic OH excluding ortho intramolecular Hbond substituents is 2. The van der Waals surface area contributed by atoms with Crippen LogP contribution in [0.3, 0.4) is 0 Å². The molecule has 1 heterocycles. The van der Waals surface area contributed by atoms with Crippen LogP contribution in [0.5, 0.6) is 11.5 Å². The Bertz CT molecular complexity index is 515. The average Bonchev–Trinajstić information content (AvgIpc) is 2.56. The van der Waals surface area contributed by atoms with Gasteiger partial charge in [0.05, 0.1) is 5.52 Å². The summed E-state index contributed by atoms with van der Waals surface area (Å²) in [6.45, 7) is 0. The van der Waals surface area contributed by atoms with Crippen LogP contribution in [0.1, 0.15) is 10.5 Å². The smallest absolute Gasteiger partial charge is 0.352 e. The zero-order chi connectivity index (χ0) is 10.3. The van der Waals surface area contributed by atoms with Gasteiger partial charge in [0.25, 0.3) is 0 Å². The van der Waals surface area contributed by atoms with Gasteiger partial charge in [-0.05, 0) is 18.2 Å². The number of carboxylic acids is 1. The number of aromatic nitrogens is 1. The van der Waals surface area contributed by atoms with Gasteiger partial charge >= 0.3 is 5.97 Å². The molecule has 5 heteroatoms. The van der Waals surface area contributed by atoms with Crippen molar-refractivity contribution in [3.63, 3.8) is 0 Å². The Morgan fingerprint density at radius 3 is 2.64 bits per heavy atom. The van der Waals surface area contributed by atoms with E-state index in [1.165, 1.54) is 18.2 Å². The molecule has 2 rings (SSSR count). The number of H-pyrrole nitrogens is 1. The number of fused-ring (bicyclic) bond motifs is 1. The van der Waals surface area contributed by atoms with Gasteiger partial charge in [-0.3, -0.25) is 0 Å². The Labute approximate surface area is 78.2 Å². The van der Waals surface area contributed by atoms with E-state index in [4.69, 9.17) is 10.2 Å². The Kier molecular flexibility index (Phi) is 1.60. The number of nitrogens with one attached hydrogen (secondary N) is 1. The maximum absolute atomic E-state index is 10.6. The van der Waals surface area contributed by atoms with E-state index in [-0.39, 0.29) is 22.7 Å². The fraction of sp³-hybridized carbons (Fsp3) is 0. The number of aromatic hydroxyl groups is 2. The summed E-state index contributed by atoms with van der Waals surface area (Å²) >= 11 is 0. The van der Waals surface area contributed by atoms with Crippen molar-refractivity contribution in [3.8, 4) is 11.5 Å². The molecule has 72 valence electrons. The predicted molar refractivity (Wildman–Crippen MR) is 48.6 cm³/mol. The van der Waals surface area contributed by atoms with Crippen LogP contribution >= 0.6 is 0 Å². The molecule has 0 radical (unpaired) electrons. The van der Waals surface area contributed by atoms with Crippen LogP contribution < -0.4 is 0 Å². The Balaban J connectivity index is 2.77. The highest BCUT2D eigenvalue weighted by molar-refractivity contribution is 5.96. The summed E-state index contributed by atoms with van der Waals surface area (Å²) in [5.41, 5.74) is 0.198. The number of aromatic carboxylic acids is 1. The summed E-state index contributed by atoms with van der Waals surface area (Å²) in [4.78, 5) is 13.1. The molecule has 0 aliphatic carbocycles. The molecular weight excluding hydrogens is 186 g/mol. The standard InChI is InChI=1S/C9H7NO4/c11-6-2-1-4-3-5(9(13)14)10-7(4)8(6)12/h1-3,10-12H,(H,13,14). The molecule has 0 bridgehead atoms. The number of rotatable bonds is 1. The first-order chi connectivity index (χ1) is 6.59. The normalized spacial score (nSPS) is 10.6. The molecule has 0 saturated carbocycles. The Morgan fingerprint density at radius 1 is 1.29 bits per heavy atom. The molecule has 1 aromatic heterocycles. The molecule has 0 unspecified atom stereocenters. The van der Waals surface area contributed by atoms with Crippen LogP contribution in [0.25, 0.3) is 10.9 Å². The highest BCUT2D eigenvalue weighted by atomic mass is 16.4. The second kappa shape index (κ2) is 2.66. The average molecular weight is 193 g/mol. The minimum Gasteiger partial charge on any atom is -0.504 e. The maximum atomic E-state index is 10.6. The third-order valence-corrected chi connectivity index (χ3v) is 1.98. The molecule has 5 nitrogen and oxygen atoms in total. The van der Waals surface area contributed by atoms with E-state index in [0.29, 0.717) is 5.39 Å². The van der Waals surface area contributed by atoms with Gasteiger partial charge in [0, 0.05) is 5.39 Å². The number of aromatic amines is 1. The van der Waals surface area contributed by atoms with Crippen molar-refractivity contribution < 1.29 is 20.1 Å². The summed E-state index contributed by atoms with van der Waals surface area (Å²) in [5, 5.41) is 27.7. The highest BCUT2D eigenvalue weighted by Crippen LogP contribution is 2.33. The number of carbonyl (C=O) groups is 1. The highest BCUT2D eigenvalue weighted by Gasteiger charge is 2.11. The number of hydrogen-bond donors (Lipinski definition) is 4. The predicted octanol–water partition coefficient (Wildman–Crippen LogP) is 1.28. The van der Waals surface area contributed by atoms with Gasteiger partial charge in [-0.25, -0.2) is 4.79 Å². The van der Waals surface area contributed by atoms with Crippen LogP contribution in [0.15, 0.2) is 18.2 Å². The molecule has 1 aromatic carbocycles. The topological polar surface area (TPSA) is 93.6 Å². The zero-order valence-electron chi connectivity index (χ0n) is 6.98. The lowest BCUT2D eigenvalue weighted by Gasteiger charge is -1.97. The summed E-state index contributed by atoms with van der Waals surface area (Å²) in [6, 6.07) is 4.21. The van der Waals surface area contributed by atoms with Crippen molar-refractivity contribution in [2.75, 3.05) is 0 Å². The first-order valence-electron chi connectivity index (χ1n) is 3.86. The van der Waals surface area contributed by atoms with Gasteiger partial charge in [-0.15, -0.1) is 0 Å². The van der Waals surface area contributed by atoms with Crippen LogP contribution in [0.4, 0.5) is 0 Å². The molecular formula is C9H7NO4. The van der Waals surface area contributed by atoms with Crippen LogP contribution in [-0.4, -0.2) is 26.3 Å². The lowest BCUT2D eigenvalue weighted by Crippen LogP contribution is -1.94. The molecule has 2 aromatic rings. The first kappa shape index (κ1) is 8.43. The summed E-state index contributed by atoms with van der Waals surface area (Å²) < 4.78 is 0. The van der Waals surface area contributed by atoms with Crippen molar-refractivity contribution in [1.82, 2.24) is 4.98 Å². The first-order valence-corrected chi connectivity index (χ1v) is 3.86. The number of phenols is 2. The van der Waals surface area contributed by atoms with E-state index in [2.05, 4.69) is 4.98 Å². The maximum Gasteiger partial charge on any atom is 0.352 e. The second-order valence-electron chi connectivity index (χ2n) is 2.89. The summed E-state index contributed by atoms with van der Waals surface area (Å²) in [5.74, 6) is -1.73. The van der Waals surface area contributed by atoms with Gasteiger partial charge in [-0.1, -0.05) is 0 Å². The van der Waals surface area contributed by atoms with Gasteiger partial charge in [0.1, 0.15) is 5.69 Å². The van der Waals surface area contributed by atoms with Crippen molar-refractivity contribution in [3.05, 3.63) is 23.9 Å². The van der Waals surface area contributed by atoms with Crippen LogP contribution in [-0.2, 0) is 0 Å². The molecule has 0 fully saturated rings. The van der Waals surface area contributed by atoms with E-state index in [9.17, 15) is 9.90 Å². The third kappa shape index (κ3) is 1.06. The fourth-order valence-electron chi connectivity index (χ4n) is 1.29. The molecule has 0 saturated heterocycles. The van der Waals surface area contributed by atoms with Gasteiger partial charge in [-0.2, -0.15) is 0 Å². The van der Waals surface area contributed by atoms with E-state index in [1.807, 2.05) is 0 Å². The summed E-state index contributed by atoms with van der Waals surface area (Å²) in [6.07, 6.45) is 0. The fourth-order valence-corrected chi connectivity index (χ4v) is 1.29. The largest absolute Gasteiger partial charge is 0.504 e. The Hall–Kier alpha value is -2.17. The van der Waals surface area contributed by atoms with E-state index >= 15 is 0 Å². The molecule has 0 aliphatic rings. The van der Waals surface area contributed by atoms with Crippen molar-refractivity contribution in [1.29, 1.82) is 0 Å². The van der Waals surface area contributed by atoms with E-state index < -0.39 is 5.97 Å². The van der Waals surface area contributed by atoms with E-state index in [0.717, 1.165) is 0 Å². The Morgan fingerprint density at radius 2 is 2.00 bits per heavy atom. The molecule has 4 N–H and O–H groups in total. The zero-order valence-corrected chi connectivity index (χ0v) is 6.98. The van der Waals surface area contributed by atoms with Crippen molar-refractivity contribution >= 4 is 16.9 Å².